The number of hydrogen-bond donors (Lipinski definition) is 1. The quantitative estimate of drug-likeness (QED) is 0.555. The molecule has 0 spiro atoms. The molecule has 1 N–H and O–H groups in total. The monoisotopic (exact) mass is 374 g/mol. The maximum atomic E-state index is 12.8. The smallest absolute Gasteiger partial charge is 0.295 e. The number of rotatable bonds is 4. The van der Waals surface area contributed by atoms with Gasteiger partial charge in [-0.15, -0.1) is 16.4 Å². The van der Waals surface area contributed by atoms with Crippen molar-refractivity contribution >= 4 is 22.9 Å². The molecule has 1 amide bonds. The zero-order chi connectivity index (χ0) is 18.8. The Labute approximate surface area is 161 Å². The van der Waals surface area contributed by atoms with E-state index >= 15 is 0 Å². The van der Waals surface area contributed by atoms with Crippen molar-refractivity contribution in [3.63, 3.8) is 0 Å². The minimum absolute atomic E-state index is 0.143. The highest BCUT2D eigenvalue weighted by molar-refractivity contribution is 7.13. The van der Waals surface area contributed by atoms with Gasteiger partial charge in [-0.05, 0) is 48.6 Å². The van der Waals surface area contributed by atoms with Crippen LogP contribution in [-0.4, -0.2) is 20.7 Å². The Morgan fingerprint density at radius 2 is 1.70 bits per heavy atom. The lowest BCUT2D eigenvalue weighted by Gasteiger charge is -2.09. The van der Waals surface area contributed by atoms with Crippen molar-refractivity contribution in [2.45, 2.75) is 13.8 Å². The SMILES string of the molecule is Cc1cccc(C)c1NC(=O)c1nc(-c2cccs2)n(-c2ccccc2)n1. The molecule has 2 aromatic carbocycles. The Bertz CT molecular complexity index is 1060. The first-order valence-corrected chi connectivity index (χ1v) is 9.45. The minimum Gasteiger partial charge on any atom is -0.319 e. The summed E-state index contributed by atoms with van der Waals surface area (Å²) in [6.45, 7) is 3.94. The number of carbonyl (C=O) groups excluding carboxylic acids is 1. The van der Waals surface area contributed by atoms with Crippen LogP contribution in [0.25, 0.3) is 16.4 Å². The van der Waals surface area contributed by atoms with Crippen molar-refractivity contribution in [1.82, 2.24) is 14.8 Å². The lowest BCUT2D eigenvalue weighted by atomic mass is 10.1. The van der Waals surface area contributed by atoms with Gasteiger partial charge in [0, 0.05) is 5.69 Å². The molecular weight excluding hydrogens is 356 g/mol. The predicted molar refractivity (Wildman–Crippen MR) is 109 cm³/mol. The van der Waals surface area contributed by atoms with Crippen LogP contribution < -0.4 is 5.32 Å². The number of amides is 1. The Morgan fingerprint density at radius 1 is 0.963 bits per heavy atom. The van der Waals surface area contributed by atoms with Crippen molar-refractivity contribution < 1.29 is 4.79 Å². The number of benzene rings is 2. The van der Waals surface area contributed by atoms with E-state index in [1.165, 1.54) is 0 Å². The molecule has 0 unspecified atom stereocenters. The van der Waals surface area contributed by atoms with E-state index in [1.807, 2.05) is 79.9 Å². The average molecular weight is 374 g/mol. The van der Waals surface area contributed by atoms with Crippen LogP contribution in [0.5, 0.6) is 0 Å². The van der Waals surface area contributed by atoms with E-state index in [0.29, 0.717) is 5.82 Å². The van der Waals surface area contributed by atoms with Gasteiger partial charge < -0.3 is 5.32 Å². The largest absolute Gasteiger partial charge is 0.319 e. The molecule has 134 valence electrons. The third-order valence-corrected chi connectivity index (χ3v) is 5.14. The minimum atomic E-state index is -0.320. The topological polar surface area (TPSA) is 59.8 Å². The van der Waals surface area contributed by atoms with Gasteiger partial charge in [-0.1, -0.05) is 42.5 Å². The number of aromatic nitrogens is 3. The molecule has 0 saturated carbocycles. The van der Waals surface area contributed by atoms with Crippen LogP contribution in [0.1, 0.15) is 21.7 Å². The Morgan fingerprint density at radius 3 is 2.37 bits per heavy atom. The lowest BCUT2D eigenvalue weighted by Crippen LogP contribution is -2.16. The summed E-state index contributed by atoms with van der Waals surface area (Å²) in [5.74, 6) is 0.479. The van der Waals surface area contributed by atoms with Crippen molar-refractivity contribution in [3.05, 3.63) is 83.0 Å². The highest BCUT2D eigenvalue weighted by Gasteiger charge is 2.20. The summed E-state index contributed by atoms with van der Waals surface area (Å²) >= 11 is 1.56. The van der Waals surface area contributed by atoms with E-state index in [4.69, 9.17) is 0 Å². The van der Waals surface area contributed by atoms with Gasteiger partial charge in [-0.25, -0.2) is 9.67 Å². The maximum absolute atomic E-state index is 12.8. The van der Waals surface area contributed by atoms with Gasteiger partial charge >= 0.3 is 0 Å². The fourth-order valence-electron chi connectivity index (χ4n) is 2.90. The molecule has 0 bridgehead atoms. The van der Waals surface area contributed by atoms with Crippen LogP contribution in [0.15, 0.2) is 66.0 Å². The number of anilines is 1. The van der Waals surface area contributed by atoms with Crippen molar-refractivity contribution in [3.8, 4) is 16.4 Å². The molecule has 0 aliphatic rings. The second-order valence-corrected chi connectivity index (χ2v) is 7.15. The van der Waals surface area contributed by atoms with Gasteiger partial charge in [-0.3, -0.25) is 4.79 Å². The summed E-state index contributed by atoms with van der Waals surface area (Å²) in [6.07, 6.45) is 0. The molecular formula is C21H18N4OS. The molecule has 5 nitrogen and oxygen atoms in total. The molecule has 0 atom stereocenters. The number of nitrogens with one attached hydrogen (secondary N) is 1. The summed E-state index contributed by atoms with van der Waals surface area (Å²) in [7, 11) is 0. The summed E-state index contributed by atoms with van der Waals surface area (Å²) in [6, 6.07) is 19.5. The van der Waals surface area contributed by atoms with Crippen LogP contribution in [0.4, 0.5) is 5.69 Å². The van der Waals surface area contributed by atoms with Crippen LogP contribution in [-0.2, 0) is 0 Å². The highest BCUT2D eigenvalue weighted by Crippen LogP contribution is 2.26. The fourth-order valence-corrected chi connectivity index (χ4v) is 3.60. The van der Waals surface area contributed by atoms with Crippen molar-refractivity contribution in [1.29, 1.82) is 0 Å². The van der Waals surface area contributed by atoms with Crippen LogP contribution in [0.2, 0.25) is 0 Å². The zero-order valence-electron chi connectivity index (χ0n) is 15.0. The van der Waals surface area contributed by atoms with Gasteiger partial charge in [0.2, 0.25) is 5.82 Å². The van der Waals surface area contributed by atoms with Gasteiger partial charge in [0.25, 0.3) is 5.91 Å². The number of carbonyl (C=O) groups is 1. The Hall–Kier alpha value is -3.25. The summed E-state index contributed by atoms with van der Waals surface area (Å²) in [5, 5.41) is 9.43. The third-order valence-electron chi connectivity index (χ3n) is 4.27. The van der Waals surface area contributed by atoms with Crippen molar-refractivity contribution in [2.24, 2.45) is 0 Å². The van der Waals surface area contributed by atoms with Gasteiger partial charge in [0.1, 0.15) is 0 Å². The molecule has 0 saturated heterocycles. The number of para-hydroxylation sites is 2. The van der Waals surface area contributed by atoms with Crippen molar-refractivity contribution in [2.75, 3.05) is 5.32 Å². The van der Waals surface area contributed by atoms with Gasteiger partial charge in [0.15, 0.2) is 5.82 Å². The molecule has 0 aliphatic carbocycles. The molecule has 0 radical (unpaired) electrons. The number of thiophene rings is 1. The first-order valence-electron chi connectivity index (χ1n) is 8.57. The molecule has 0 fully saturated rings. The Balaban J connectivity index is 1.75. The second kappa shape index (κ2) is 7.17. The van der Waals surface area contributed by atoms with Crippen LogP contribution >= 0.6 is 11.3 Å². The van der Waals surface area contributed by atoms with E-state index < -0.39 is 0 Å². The zero-order valence-corrected chi connectivity index (χ0v) is 15.8. The van der Waals surface area contributed by atoms with Gasteiger partial charge in [-0.2, -0.15) is 0 Å². The molecule has 2 aromatic heterocycles. The summed E-state index contributed by atoms with van der Waals surface area (Å²) < 4.78 is 1.71. The standard InChI is InChI=1S/C21H18N4OS/c1-14-8-6-9-15(2)18(14)22-21(26)19-23-20(17-12-7-13-27-17)25(24-19)16-10-4-3-5-11-16/h3-13H,1-2H3,(H,22,26). The third kappa shape index (κ3) is 3.39. The normalized spacial score (nSPS) is 10.7. The number of hydrogen-bond acceptors (Lipinski definition) is 4. The molecule has 4 aromatic rings. The lowest BCUT2D eigenvalue weighted by molar-refractivity contribution is 0.101. The van der Waals surface area contributed by atoms with E-state index in [0.717, 1.165) is 27.4 Å². The maximum Gasteiger partial charge on any atom is 0.295 e. The average Bonchev–Trinajstić information content (AvgIpc) is 3.35. The molecule has 27 heavy (non-hydrogen) atoms. The fraction of sp³-hybridized carbons (Fsp3) is 0.0952. The van der Waals surface area contributed by atoms with E-state index in [9.17, 15) is 4.79 Å². The first kappa shape index (κ1) is 17.2. The van der Waals surface area contributed by atoms with Crippen LogP contribution in [0.3, 0.4) is 0 Å². The van der Waals surface area contributed by atoms with E-state index in [-0.39, 0.29) is 11.7 Å². The number of nitrogens with zero attached hydrogens (tertiary/aromatic N) is 3. The van der Waals surface area contributed by atoms with E-state index in [2.05, 4.69) is 15.4 Å². The summed E-state index contributed by atoms with van der Waals surface area (Å²) in [4.78, 5) is 18.3. The molecule has 0 aliphatic heterocycles. The Kier molecular flexibility index (Phi) is 4.56. The molecule has 4 rings (SSSR count). The molecule has 2 heterocycles. The molecule has 6 heteroatoms. The van der Waals surface area contributed by atoms with E-state index in [1.54, 1.807) is 16.0 Å². The number of aryl methyl sites for hydroxylation is 2. The first-order chi connectivity index (χ1) is 13.1. The predicted octanol–water partition coefficient (Wildman–Crippen LogP) is 4.86. The van der Waals surface area contributed by atoms with Crippen LogP contribution in [0, 0.1) is 13.8 Å². The van der Waals surface area contributed by atoms with Gasteiger partial charge in [0.05, 0.1) is 10.6 Å². The summed E-state index contributed by atoms with van der Waals surface area (Å²) in [5.41, 5.74) is 3.67. The highest BCUT2D eigenvalue weighted by atomic mass is 32.1. The second-order valence-electron chi connectivity index (χ2n) is 6.20.